The van der Waals surface area contributed by atoms with Crippen molar-refractivity contribution in [3.63, 3.8) is 0 Å². The third kappa shape index (κ3) is 3.21. The maximum atomic E-state index is 11.7. The van der Waals surface area contributed by atoms with Crippen LogP contribution in [0.5, 0.6) is 0 Å². The zero-order valence-electron chi connectivity index (χ0n) is 11.6. The summed E-state index contributed by atoms with van der Waals surface area (Å²) in [6.07, 6.45) is 2.03. The predicted octanol–water partition coefficient (Wildman–Crippen LogP) is 0.733. The van der Waals surface area contributed by atoms with E-state index in [1.54, 1.807) is 4.57 Å². The molecule has 2 rings (SSSR count). The van der Waals surface area contributed by atoms with Crippen LogP contribution in [0, 0.1) is 5.41 Å². The summed E-state index contributed by atoms with van der Waals surface area (Å²) in [5.74, 6) is 0. The SMILES string of the molecule is CC(C)(C)C(N)C(CO)Sc1n[nH]c(=O)n1C1CC1. The Hall–Kier alpha value is -0.790. The molecule has 0 bridgehead atoms. The minimum atomic E-state index is -0.179. The molecule has 4 N–H and O–H groups in total. The van der Waals surface area contributed by atoms with Crippen LogP contribution < -0.4 is 11.4 Å². The molecule has 0 aliphatic heterocycles. The van der Waals surface area contributed by atoms with E-state index < -0.39 is 0 Å². The van der Waals surface area contributed by atoms with E-state index in [0.29, 0.717) is 5.16 Å². The molecule has 0 radical (unpaired) electrons. The normalized spacial score (nSPS) is 19.4. The van der Waals surface area contributed by atoms with Gasteiger partial charge in [0.05, 0.1) is 11.9 Å². The Morgan fingerprint density at radius 1 is 1.58 bits per heavy atom. The van der Waals surface area contributed by atoms with Crippen LogP contribution in [0.2, 0.25) is 0 Å². The molecule has 0 saturated heterocycles. The van der Waals surface area contributed by atoms with Crippen LogP contribution in [0.15, 0.2) is 9.95 Å². The molecule has 0 amide bonds. The number of aromatic nitrogens is 3. The van der Waals surface area contributed by atoms with Crippen LogP contribution in [0.25, 0.3) is 0 Å². The maximum absolute atomic E-state index is 11.7. The summed E-state index contributed by atoms with van der Waals surface area (Å²) in [7, 11) is 0. The average Bonchev–Trinajstić information content (AvgIpc) is 3.09. The molecule has 2 atom stereocenters. The van der Waals surface area contributed by atoms with E-state index in [2.05, 4.69) is 10.2 Å². The van der Waals surface area contributed by atoms with Crippen LogP contribution in [0.1, 0.15) is 39.7 Å². The molecule has 1 aromatic rings. The van der Waals surface area contributed by atoms with Crippen molar-refractivity contribution < 1.29 is 5.11 Å². The van der Waals surface area contributed by atoms with Crippen molar-refractivity contribution in [2.24, 2.45) is 11.1 Å². The molecule has 0 spiro atoms. The Morgan fingerprint density at radius 2 is 2.21 bits per heavy atom. The predicted molar refractivity (Wildman–Crippen MR) is 75.3 cm³/mol. The highest BCUT2D eigenvalue weighted by Gasteiger charge is 2.33. The second-order valence-electron chi connectivity index (χ2n) is 6.14. The van der Waals surface area contributed by atoms with Gasteiger partial charge in [0.2, 0.25) is 0 Å². The quantitative estimate of drug-likeness (QED) is 0.693. The molecule has 1 aromatic heterocycles. The number of H-pyrrole nitrogens is 1. The standard InChI is InChI=1S/C12H22N4O2S/c1-12(2,3)9(13)8(6-17)19-11-15-14-10(18)16(11)7-4-5-7/h7-9,17H,4-6,13H2,1-3H3,(H,14,18). The Morgan fingerprint density at radius 3 is 2.68 bits per heavy atom. The molecule has 7 heteroatoms. The summed E-state index contributed by atoms with van der Waals surface area (Å²) < 4.78 is 1.68. The van der Waals surface area contributed by atoms with Crippen LogP contribution in [-0.2, 0) is 0 Å². The number of aromatic amines is 1. The second-order valence-corrected chi connectivity index (χ2v) is 7.35. The summed E-state index contributed by atoms with van der Waals surface area (Å²) in [6, 6.07) is 0.0842. The highest BCUT2D eigenvalue weighted by Crippen LogP contribution is 2.38. The van der Waals surface area contributed by atoms with Gasteiger partial charge in [-0.25, -0.2) is 9.89 Å². The summed E-state index contributed by atoms with van der Waals surface area (Å²) in [5.41, 5.74) is 5.91. The van der Waals surface area contributed by atoms with E-state index in [9.17, 15) is 9.90 Å². The summed E-state index contributed by atoms with van der Waals surface area (Å²) in [6.45, 7) is 6.09. The molecule has 1 heterocycles. The van der Waals surface area contributed by atoms with Crippen molar-refractivity contribution in [2.45, 2.75) is 56.1 Å². The topological polar surface area (TPSA) is 96.9 Å². The van der Waals surface area contributed by atoms with E-state index >= 15 is 0 Å². The Balaban J connectivity index is 2.17. The molecule has 1 fully saturated rings. The smallest absolute Gasteiger partial charge is 0.344 e. The van der Waals surface area contributed by atoms with Crippen LogP contribution in [-0.4, -0.2) is 37.8 Å². The molecule has 0 aromatic carbocycles. The van der Waals surface area contributed by atoms with Gasteiger partial charge < -0.3 is 10.8 Å². The minimum absolute atomic E-state index is 0.0329. The van der Waals surface area contributed by atoms with Gasteiger partial charge in [-0.3, -0.25) is 4.57 Å². The lowest BCUT2D eigenvalue weighted by Gasteiger charge is -2.32. The lowest BCUT2D eigenvalue weighted by atomic mass is 9.85. The number of nitrogens with one attached hydrogen (secondary N) is 1. The second kappa shape index (κ2) is 5.30. The number of thioether (sulfide) groups is 1. The first-order chi connectivity index (χ1) is 8.84. The van der Waals surface area contributed by atoms with Gasteiger partial charge in [0, 0.05) is 12.1 Å². The van der Waals surface area contributed by atoms with Crippen molar-refractivity contribution in [3.8, 4) is 0 Å². The van der Waals surface area contributed by atoms with Crippen LogP contribution >= 0.6 is 11.8 Å². The summed E-state index contributed by atoms with van der Waals surface area (Å²) in [5, 5.41) is 16.5. The highest BCUT2D eigenvalue weighted by molar-refractivity contribution is 7.99. The zero-order valence-corrected chi connectivity index (χ0v) is 12.4. The van der Waals surface area contributed by atoms with Crippen molar-refractivity contribution in [2.75, 3.05) is 6.61 Å². The molecule has 6 nitrogen and oxygen atoms in total. The third-order valence-corrected chi connectivity index (χ3v) is 4.67. The van der Waals surface area contributed by atoms with E-state index in [-0.39, 0.29) is 35.0 Å². The zero-order chi connectivity index (χ0) is 14.2. The molecule has 19 heavy (non-hydrogen) atoms. The third-order valence-electron chi connectivity index (χ3n) is 3.42. The van der Waals surface area contributed by atoms with E-state index in [4.69, 9.17) is 5.73 Å². The Bertz CT molecular complexity index is 487. The van der Waals surface area contributed by atoms with E-state index in [1.807, 2.05) is 20.8 Å². The molecule has 2 unspecified atom stereocenters. The largest absolute Gasteiger partial charge is 0.395 e. The Kier molecular flexibility index (Phi) is 4.08. The minimum Gasteiger partial charge on any atom is -0.395 e. The first kappa shape index (κ1) is 14.6. The average molecular weight is 286 g/mol. The van der Waals surface area contributed by atoms with Gasteiger partial charge in [-0.05, 0) is 18.3 Å². The van der Waals surface area contributed by atoms with E-state index in [0.717, 1.165) is 12.8 Å². The van der Waals surface area contributed by atoms with Gasteiger partial charge in [-0.1, -0.05) is 32.5 Å². The van der Waals surface area contributed by atoms with Crippen LogP contribution in [0.3, 0.4) is 0 Å². The van der Waals surface area contributed by atoms with Crippen molar-refractivity contribution >= 4 is 11.8 Å². The van der Waals surface area contributed by atoms with Crippen molar-refractivity contribution in [1.82, 2.24) is 14.8 Å². The molecule has 108 valence electrons. The van der Waals surface area contributed by atoms with Gasteiger partial charge in [-0.2, -0.15) is 0 Å². The van der Waals surface area contributed by atoms with Gasteiger partial charge in [-0.15, -0.1) is 5.10 Å². The van der Waals surface area contributed by atoms with Gasteiger partial charge in [0.1, 0.15) is 0 Å². The number of nitrogens with zero attached hydrogens (tertiary/aromatic N) is 2. The first-order valence-corrected chi connectivity index (χ1v) is 7.42. The highest BCUT2D eigenvalue weighted by atomic mass is 32.2. The number of rotatable bonds is 5. The van der Waals surface area contributed by atoms with Crippen molar-refractivity contribution in [3.05, 3.63) is 10.5 Å². The lowest BCUT2D eigenvalue weighted by molar-refractivity contribution is 0.232. The Labute approximate surface area is 116 Å². The fourth-order valence-electron chi connectivity index (χ4n) is 1.95. The van der Waals surface area contributed by atoms with Gasteiger partial charge in [0.25, 0.3) is 0 Å². The number of aliphatic hydroxyl groups is 1. The number of hydrogen-bond donors (Lipinski definition) is 3. The molecule has 1 saturated carbocycles. The molecular formula is C12H22N4O2S. The maximum Gasteiger partial charge on any atom is 0.344 e. The fourth-order valence-corrected chi connectivity index (χ4v) is 3.29. The number of hydrogen-bond acceptors (Lipinski definition) is 5. The number of nitrogens with two attached hydrogens (primary N) is 1. The molecule has 1 aliphatic rings. The van der Waals surface area contributed by atoms with Crippen molar-refractivity contribution in [1.29, 1.82) is 0 Å². The van der Waals surface area contributed by atoms with Crippen LogP contribution in [0.4, 0.5) is 0 Å². The first-order valence-electron chi connectivity index (χ1n) is 6.54. The summed E-state index contributed by atoms with van der Waals surface area (Å²) in [4.78, 5) is 11.7. The van der Waals surface area contributed by atoms with Gasteiger partial charge >= 0.3 is 5.69 Å². The fraction of sp³-hybridized carbons (Fsp3) is 0.833. The lowest BCUT2D eigenvalue weighted by Crippen LogP contribution is -2.45. The number of aliphatic hydroxyl groups excluding tert-OH is 1. The monoisotopic (exact) mass is 286 g/mol. The van der Waals surface area contributed by atoms with E-state index in [1.165, 1.54) is 11.8 Å². The summed E-state index contributed by atoms with van der Waals surface area (Å²) >= 11 is 1.39. The molecule has 1 aliphatic carbocycles. The van der Waals surface area contributed by atoms with Gasteiger partial charge in [0.15, 0.2) is 5.16 Å². The molecular weight excluding hydrogens is 264 g/mol.